The second-order valence-corrected chi connectivity index (χ2v) is 10.2. The van der Waals surface area contributed by atoms with Crippen molar-refractivity contribution in [2.75, 3.05) is 0 Å². The molecule has 2 aromatic carbocycles. The maximum atomic E-state index is 13.5. The molecule has 0 bridgehead atoms. The molecule has 31 heavy (non-hydrogen) atoms. The highest BCUT2D eigenvalue weighted by Crippen LogP contribution is 2.36. The summed E-state index contributed by atoms with van der Waals surface area (Å²) in [6, 6.07) is 10.8. The Morgan fingerprint density at radius 2 is 1.97 bits per heavy atom. The number of benzene rings is 2. The minimum Gasteiger partial charge on any atom is -0.393 e. The first-order chi connectivity index (χ1) is 14.9. The third kappa shape index (κ3) is 6.57. The monoisotopic (exact) mass is 462 g/mol. The molecule has 1 fully saturated rings. The van der Waals surface area contributed by atoms with Crippen molar-refractivity contribution in [1.29, 1.82) is 0 Å². The number of carbonyl (C=O) groups excluding carboxylic acids is 1. The highest BCUT2D eigenvalue weighted by Gasteiger charge is 2.22. The summed E-state index contributed by atoms with van der Waals surface area (Å²) in [5.41, 5.74) is 2.87. The van der Waals surface area contributed by atoms with Crippen LogP contribution < -0.4 is 0 Å². The van der Waals surface area contributed by atoms with Crippen LogP contribution in [-0.4, -0.2) is 22.2 Å². The second kappa shape index (κ2) is 11.5. The van der Waals surface area contributed by atoms with Crippen LogP contribution >= 0.6 is 23.4 Å². The van der Waals surface area contributed by atoms with E-state index in [-0.39, 0.29) is 22.8 Å². The number of ketones is 1. The minimum atomic E-state index is -0.438. The molecule has 3 unspecified atom stereocenters. The fraction of sp³-hybridized carbons (Fsp3) is 0.500. The maximum absolute atomic E-state index is 13.5. The van der Waals surface area contributed by atoms with Crippen LogP contribution in [-0.2, 0) is 6.42 Å². The summed E-state index contributed by atoms with van der Waals surface area (Å²) in [5, 5.41) is 10.7. The van der Waals surface area contributed by atoms with Gasteiger partial charge in [0.2, 0.25) is 0 Å². The van der Waals surface area contributed by atoms with Crippen LogP contribution in [0.3, 0.4) is 0 Å². The van der Waals surface area contributed by atoms with Gasteiger partial charge in [0.15, 0.2) is 5.78 Å². The number of hydrogen-bond acceptors (Lipinski definition) is 3. The number of aliphatic hydroxyl groups excluding tert-OH is 1. The van der Waals surface area contributed by atoms with Crippen LogP contribution in [0, 0.1) is 5.82 Å². The van der Waals surface area contributed by atoms with Gasteiger partial charge in [-0.2, -0.15) is 0 Å². The fourth-order valence-electron chi connectivity index (χ4n) is 4.31. The molecule has 3 rings (SSSR count). The molecule has 5 heteroatoms. The Hall–Kier alpha value is -1.36. The predicted octanol–water partition coefficient (Wildman–Crippen LogP) is 7.59. The zero-order chi connectivity index (χ0) is 22.4. The molecule has 1 aliphatic carbocycles. The molecule has 0 saturated heterocycles. The van der Waals surface area contributed by atoms with Gasteiger partial charge in [-0.15, -0.1) is 11.8 Å². The number of Topliss-reactive ketones (excluding diaryl/α,β-unsaturated/α-hetero) is 1. The first-order valence-corrected chi connectivity index (χ1v) is 12.6. The molecule has 2 nitrogen and oxygen atoms in total. The van der Waals surface area contributed by atoms with Crippen molar-refractivity contribution in [3.8, 4) is 0 Å². The Labute approximate surface area is 194 Å². The molecule has 0 aliphatic heterocycles. The fourth-order valence-corrected chi connectivity index (χ4v) is 6.02. The van der Waals surface area contributed by atoms with Crippen molar-refractivity contribution in [2.24, 2.45) is 0 Å². The molecule has 0 amide bonds. The number of rotatable bonds is 8. The van der Waals surface area contributed by atoms with Crippen LogP contribution in [0.2, 0.25) is 5.02 Å². The average Bonchev–Trinajstić information content (AvgIpc) is 2.97. The summed E-state index contributed by atoms with van der Waals surface area (Å²) in [5.74, 6) is -0.339. The zero-order valence-electron chi connectivity index (χ0n) is 18.4. The summed E-state index contributed by atoms with van der Waals surface area (Å²) in [4.78, 5) is 14.3. The first kappa shape index (κ1) is 24.3. The van der Waals surface area contributed by atoms with Crippen molar-refractivity contribution in [3.05, 3.63) is 63.9 Å². The summed E-state index contributed by atoms with van der Waals surface area (Å²) in [6.07, 6.45) is 6.89. The van der Waals surface area contributed by atoms with Crippen molar-refractivity contribution in [1.82, 2.24) is 0 Å². The molecule has 1 aliphatic rings. The van der Waals surface area contributed by atoms with E-state index in [9.17, 15) is 14.3 Å². The Kier molecular flexibility index (Phi) is 9.00. The first-order valence-electron chi connectivity index (χ1n) is 11.4. The highest BCUT2D eigenvalue weighted by atomic mass is 35.5. The van der Waals surface area contributed by atoms with Gasteiger partial charge < -0.3 is 5.11 Å². The van der Waals surface area contributed by atoms with Crippen LogP contribution in [0.1, 0.15) is 86.2 Å². The number of aryl methyl sites for hydroxylation is 1. The predicted molar refractivity (Wildman–Crippen MR) is 128 cm³/mol. The van der Waals surface area contributed by atoms with Gasteiger partial charge in [0.05, 0.1) is 11.1 Å². The molecular formula is C26H32ClFO2S. The van der Waals surface area contributed by atoms with Crippen LogP contribution in [0.4, 0.5) is 4.39 Å². The summed E-state index contributed by atoms with van der Waals surface area (Å²) in [7, 11) is 0. The molecule has 1 saturated carbocycles. The highest BCUT2D eigenvalue weighted by molar-refractivity contribution is 8.00. The van der Waals surface area contributed by atoms with Gasteiger partial charge in [-0.05, 0) is 67.3 Å². The number of aliphatic hydroxyl groups is 1. The minimum absolute atomic E-state index is 0.00422. The summed E-state index contributed by atoms with van der Waals surface area (Å²) >= 11 is 7.77. The summed E-state index contributed by atoms with van der Waals surface area (Å²) < 4.78 is 13.5. The molecule has 0 heterocycles. The molecule has 0 spiro atoms. The number of halogens is 2. The van der Waals surface area contributed by atoms with Crippen LogP contribution in [0.25, 0.3) is 0 Å². The zero-order valence-corrected chi connectivity index (χ0v) is 19.9. The second-order valence-electron chi connectivity index (χ2n) is 8.50. The van der Waals surface area contributed by atoms with Crippen LogP contribution in [0.15, 0.2) is 41.3 Å². The lowest BCUT2D eigenvalue weighted by atomic mass is 9.89. The number of carbonyl (C=O) groups is 1. The third-order valence-electron chi connectivity index (χ3n) is 6.25. The lowest BCUT2D eigenvalue weighted by molar-refractivity contribution is 0.0972. The third-order valence-corrected chi connectivity index (χ3v) is 7.94. The Morgan fingerprint density at radius 3 is 2.68 bits per heavy atom. The summed E-state index contributed by atoms with van der Waals surface area (Å²) in [6.45, 7) is 4.17. The van der Waals surface area contributed by atoms with Gasteiger partial charge in [0.25, 0.3) is 0 Å². The van der Waals surface area contributed by atoms with E-state index in [0.29, 0.717) is 11.7 Å². The molecule has 3 atom stereocenters. The lowest BCUT2D eigenvalue weighted by Gasteiger charge is -2.19. The van der Waals surface area contributed by atoms with Crippen molar-refractivity contribution < 1.29 is 14.3 Å². The lowest BCUT2D eigenvalue weighted by Crippen LogP contribution is -2.12. The van der Waals surface area contributed by atoms with Gasteiger partial charge in [0.1, 0.15) is 5.82 Å². The maximum Gasteiger partial charge on any atom is 0.163 e. The number of thioether (sulfide) groups is 1. The average molecular weight is 463 g/mol. The molecule has 168 valence electrons. The van der Waals surface area contributed by atoms with E-state index in [1.54, 1.807) is 12.1 Å². The van der Waals surface area contributed by atoms with E-state index >= 15 is 0 Å². The van der Waals surface area contributed by atoms with E-state index < -0.39 is 5.82 Å². The van der Waals surface area contributed by atoms with Gasteiger partial charge in [-0.1, -0.05) is 56.5 Å². The van der Waals surface area contributed by atoms with E-state index in [0.717, 1.165) is 61.0 Å². The van der Waals surface area contributed by atoms with Crippen molar-refractivity contribution in [3.63, 3.8) is 0 Å². The van der Waals surface area contributed by atoms with E-state index in [1.165, 1.54) is 11.6 Å². The standard InChI is InChI=1S/C26H32ClFO2S/c1-3-17-9-10-20(15-26(17)31-22-8-6-5-7-21(29)16-22)25(30)14-18(4-2)19-11-12-24(28)23(27)13-19/h9-13,15,18,21-22,29H,3-8,14,16H2,1-2H3. The van der Waals surface area contributed by atoms with Crippen LogP contribution in [0.5, 0.6) is 0 Å². The number of hydrogen-bond donors (Lipinski definition) is 1. The van der Waals surface area contributed by atoms with Gasteiger partial charge in [-0.3, -0.25) is 4.79 Å². The van der Waals surface area contributed by atoms with Crippen molar-refractivity contribution in [2.45, 2.75) is 87.4 Å². The quantitative estimate of drug-likeness (QED) is 0.324. The molecule has 2 aromatic rings. The van der Waals surface area contributed by atoms with Gasteiger partial charge >= 0.3 is 0 Å². The van der Waals surface area contributed by atoms with Gasteiger partial charge in [-0.25, -0.2) is 4.39 Å². The SMILES string of the molecule is CCc1ccc(C(=O)CC(CC)c2ccc(F)c(Cl)c2)cc1SC1CCCCC(O)C1. The molecular weight excluding hydrogens is 431 g/mol. The van der Waals surface area contributed by atoms with Gasteiger partial charge in [0, 0.05) is 22.1 Å². The molecule has 1 N–H and O–H groups in total. The van der Waals surface area contributed by atoms with Crippen molar-refractivity contribution >= 4 is 29.1 Å². The molecule has 0 radical (unpaired) electrons. The molecule has 0 aromatic heterocycles. The normalized spacial score (nSPS) is 20.3. The Balaban J connectivity index is 1.77. The topological polar surface area (TPSA) is 37.3 Å². The van der Waals surface area contributed by atoms with E-state index in [1.807, 2.05) is 30.8 Å². The van der Waals surface area contributed by atoms with E-state index in [4.69, 9.17) is 11.6 Å². The largest absolute Gasteiger partial charge is 0.393 e. The Bertz CT molecular complexity index is 901. The smallest absolute Gasteiger partial charge is 0.163 e. The Morgan fingerprint density at radius 1 is 1.19 bits per heavy atom. The van der Waals surface area contributed by atoms with E-state index in [2.05, 4.69) is 13.0 Å².